The van der Waals surface area contributed by atoms with Crippen LogP contribution in [-0.2, 0) is 14.3 Å². The molecule has 0 heterocycles. The van der Waals surface area contributed by atoms with E-state index in [9.17, 15) is 22.4 Å². The molecule has 0 aromatic heterocycles. The summed E-state index contributed by atoms with van der Waals surface area (Å²) in [5.41, 5.74) is 0. The summed E-state index contributed by atoms with van der Waals surface area (Å²) in [5, 5.41) is -0.945. The van der Waals surface area contributed by atoms with E-state index in [4.69, 9.17) is 17.0 Å². The molecular weight excluding hydrogens is 308 g/mol. The van der Waals surface area contributed by atoms with Crippen molar-refractivity contribution in [2.24, 2.45) is 0 Å². The van der Waals surface area contributed by atoms with Gasteiger partial charge in [-0.15, -0.1) is 0 Å². The zero-order valence-electron chi connectivity index (χ0n) is 10.3. The van der Waals surface area contributed by atoms with E-state index in [0.29, 0.717) is 0 Å². The third-order valence-corrected chi connectivity index (χ3v) is 3.20. The molecule has 0 spiro atoms. The number of ether oxygens (including phenoxy) is 2. The number of halogens is 4. The quantitative estimate of drug-likeness (QED) is 0.426. The predicted molar refractivity (Wildman–Crippen MR) is 67.8 cm³/mol. The van der Waals surface area contributed by atoms with Crippen LogP contribution in [0.25, 0.3) is 0 Å². The third-order valence-electron chi connectivity index (χ3n) is 1.82. The number of carbonyl (C=O) groups is 1. The van der Waals surface area contributed by atoms with Crippen molar-refractivity contribution < 1.29 is 31.8 Å². The lowest BCUT2D eigenvalue weighted by Gasteiger charge is -2.20. The SMILES string of the molecule is CCOC(=S)SC(COC(C)=O)CC(F)C(F)(F)F. The van der Waals surface area contributed by atoms with E-state index >= 15 is 0 Å². The molecule has 9 heteroatoms. The minimum atomic E-state index is -4.94. The Labute approximate surface area is 118 Å². The van der Waals surface area contributed by atoms with Gasteiger partial charge in [-0.1, -0.05) is 11.8 Å². The maximum Gasteiger partial charge on any atom is 0.419 e. The van der Waals surface area contributed by atoms with Crippen molar-refractivity contribution in [2.45, 2.75) is 37.9 Å². The average molecular weight is 322 g/mol. The Balaban J connectivity index is 4.48. The largest absolute Gasteiger partial charge is 0.479 e. The summed E-state index contributed by atoms with van der Waals surface area (Å²) in [4.78, 5) is 10.6. The molecule has 19 heavy (non-hydrogen) atoms. The molecule has 112 valence electrons. The normalized spacial score (nSPS) is 14.6. The minimum Gasteiger partial charge on any atom is -0.479 e. The molecule has 3 nitrogen and oxygen atoms in total. The summed E-state index contributed by atoms with van der Waals surface area (Å²) in [6.07, 6.45) is -8.79. The molecule has 0 fully saturated rings. The Hall–Kier alpha value is -0.570. The lowest BCUT2D eigenvalue weighted by Crippen LogP contribution is -2.30. The van der Waals surface area contributed by atoms with E-state index < -0.39 is 30.0 Å². The lowest BCUT2D eigenvalue weighted by atomic mass is 10.2. The zero-order chi connectivity index (χ0) is 15.1. The monoisotopic (exact) mass is 322 g/mol. The number of hydrogen-bond acceptors (Lipinski definition) is 5. The number of rotatable bonds is 6. The van der Waals surface area contributed by atoms with Crippen molar-refractivity contribution in [3.63, 3.8) is 0 Å². The van der Waals surface area contributed by atoms with Crippen molar-refractivity contribution in [3.8, 4) is 0 Å². The minimum absolute atomic E-state index is 0.00553. The van der Waals surface area contributed by atoms with Gasteiger partial charge in [-0.2, -0.15) is 13.2 Å². The maximum atomic E-state index is 13.0. The predicted octanol–water partition coefficient (Wildman–Crippen LogP) is 3.26. The van der Waals surface area contributed by atoms with Gasteiger partial charge in [0.25, 0.3) is 0 Å². The fraction of sp³-hybridized carbons (Fsp3) is 0.800. The average Bonchev–Trinajstić information content (AvgIpc) is 2.24. The van der Waals surface area contributed by atoms with Crippen LogP contribution >= 0.6 is 24.0 Å². The Morgan fingerprint density at radius 2 is 1.95 bits per heavy atom. The van der Waals surface area contributed by atoms with Crippen LogP contribution in [0, 0.1) is 0 Å². The van der Waals surface area contributed by atoms with Crippen LogP contribution in [-0.4, -0.2) is 41.2 Å². The Kier molecular flexibility index (Phi) is 8.31. The second kappa shape index (κ2) is 8.57. The molecule has 0 bridgehead atoms. The molecule has 0 aromatic rings. The van der Waals surface area contributed by atoms with E-state index in [1.165, 1.54) is 0 Å². The standard InChI is InChI=1S/C10H14F4O3S2/c1-3-16-9(18)19-7(5-17-6(2)15)4-8(11)10(12,13)14/h7-8H,3-5H2,1-2H3. The van der Waals surface area contributed by atoms with Gasteiger partial charge in [0.15, 0.2) is 6.17 Å². The van der Waals surface area contributed by atoms with Crippen molar-refractivity contribution >= 4 is 34.3 Å². The third kappa shape index (κ3) is 9.04. The van der Waals surface area contributed by atoms with Gasteiger partial charge in [0.1, 0.15) is 6.61 Å². The molecule has 0 amide bonds. The summed E-state index contributed by atoms with van der Waals surface area (Å²) in [6, 6.07) is 0. The van der Waals surface area contributed by atoms with Gasteiger partial charge >= 0.3 is 12.1 Å². The van der Waals surface area contributed by atoms with Crippen LogP contribution in [0.3, 0.4) is 0 Å². The Morgan fingerprint density at radius 3 is 2.37 bits per heavy atom. The molecule has 0 aliphatic heterocycles. The molecule has 2 unspecified atom stereocenters. The van der Waals surface area contributed by atoms with Gasteiger partial charge in [0, 0.05) is 13.3 Å². The van der Waals surface area contributed by atoms with E-state index in [0.717, 1.165) is 18.7 Å². The fourth-order valence-electron chi connectivity index (χ4n) is 1.01. The van der Waals surface area contributed by atoms with Crippen LogP contribution in [0.4, 0.5) is 17.6 Å². The fourth-order valence-corrected chi connectivity index (χ4v) is 2.40. The van der Waals surface area contributed by atoms with Crippen LogP contribution in [0.15, 0.2) is 0 Å². The first-order valence-corrected chi connectivity index (χ1v) is 6.63. The summed E-state index contributed by atoms with van der Waals surface area (Å²) in [5.74, 6) is -0.657. The molecule has 0 aliphatic rings. The Bertz CT molecular complexity index is 310. The van der Waals surface area contributed by atoms with Gasteiger partial charge < -0.3 is 9.47 Å². The highest BCUT2D eigenvalue weighted by Crippen LogP contribution is 2.30. The van der Waals surface area contributed by atoms with Gasteiger partial charge in [-0.05, 0) is 19.1 Å². The topological polar surface area (TPSA) is 35.5 Å². The molecule has 0 rings (SSSR count). The summed E-state index contributed by atoms with van der Waals surface area (Å²) >= 11 is 5.50. The smallest absolute Gasteiger partial charge is 0.419 e. The second-order valence-corrected chi connectivity index (χ2v) is 5.37. The van der Waals surface area contributed by atoms with Crippen molar-refractivity contribution in [1.82, 2.24) is 0 Å². The summed E-state index contributed by atoms with van der Waals surface area (Å²) < 4.78 is 58.8. The number of carbonyl (C=O) groups excluding carboxylic acids is 1. The summed E-state index contributed by atoms with van der Waals surface area (Å²) in [7, 11) is 0. The van der Waals surface area contributed by atoms with Gasteiger partial charge in [0.05, 0.1) is 11.9 Å². The molecule has 0 aromatic carbocycles. The highest BCUT2D eigenvalue weighted by molar-refractivity contribution is 8.23. The first-order valence-electron chi connectivity index (χ1n) is 5.34. The molecular formula is C10H14F4O3S2. The van der Waals surface area contributed by atoms with Gasteiger partial charge in [-0.25, -0.2) is 4.39 Å². The van der Waals surface area contributed by atoms with Crippen LogP contribution in [0.2, 0.25) is 0 Å². The van der Waals surface area contributed by atoms with Gasteiger partial charge in [-0.3, -0.25) is 4.79 Å². The first-order chi connectivity index (χ1) is 8.66. The molecule has 0 aliphatic carbocycles. The zero-order valence-corrected chi connectivity index (χ0v) is 12.0. The number of thioether (sulfide) groups is 1. The van der Waals surface area contributed by atoms with E-state index in [1.807, 2.05) is 0 Å². The summed E-state index contributed by atoms with van der Waals surface area (Å²) in [6.45, 7) is 2.66. The second-order valence-electron chi connectivity index (χ2n) is 3.47. The number of thiocarbonyl (C=S) groups is 1. The van der Waals surface area contributed by atoms with Crippen molar-refractivity contribution in [3.05, 3.63) is 0 Å². The lowest BCUT2D eigenvalue weighted by molar-refractivity contribution is -0.182. The van der Waals surface area contributed by atoms with E-state index in [1.54, 1.807) is 6.92 Å². The first kappa shape index (κ1) is 18.4. The number of hydrogen-bond donors (Lipinski definition) is 0. The highest BCUT2D eigenvalue weighted by atomic mass is 32.2. The maximum absolute atomic E-state index is 13.0. The Morgan fingerprint density at radius 1 is 1.37 bits per heavy atom. The number of esters is 1. The van der Waals surface area contributed by atoms with Gasteiger partial charge in [0.2, 0.25) is 4.38 Å². The molecule has 0 saturated carbocycles. The molecule has 0 N–H and O–H groups in total. The molecule has 0 saturated heterocycles. The van der Waals surface area contributed by atoms with Crippen molar-refractivity contribution in [2.75, 3.05) is 13.2 Å². The van der Waals surface area contributed by atoms with Crippen LogP contribution in [0.5, 0.6) is 0 Å². The highest BCUT2D eigenvalue weighted by Gasteiger charge is 2.41. The van der Waals surface area contributed by atoms with Crippen LogP contribution in [0.1, 0.15) is 20.3 Å². The van der Waals surface area contributed by atoms with Crippen molar-refractivity contribution in [1.29, 1.82) is 0 Å². The van der Waals surface area contributed by atoms with Crippen LogP contribution < -0.4 is 0 Å². The van der Waals surface area contributed by atoms with E-state index in [-0.39, 0.29) is 17.6 Å². The molecule has 2 atom stereocenters. The number of alkyl halides is 4. The molecule has 0 radical (unpaired) electrons. The van der Waals surface area contributed by atoms with E-state index in [2.05, 4.69) is 4.74 Å².